The lowest BCUT2D eigenvalue weighted by atomic mass is 10.00. The molecule has 0 spiro atoms. The second-order valence-corrected chi connectivity index (χ2v) is 10.6. The minimum Gasteiger partial charge on any atom is -0.497 e. The molecule has 3 aromatic rings. The van der Waals surface area contributed by atoms with Gasteiger partial charge in [0, 0.05) is 23.5 Å². The van der Waals surface area contributed by atoms with Crippen molar-refractivity contribution in [3.63, 3.8) is 0 Å². The van der Waals surface area contributed by atoms with Crippen LogP contribution in [0.15, 0.2) is 60.0 Å². The number of carbonyl (C=O) groups excluding carboxylic acids is 2. The smallest absolute Gasteiger partial charge is 0.254 e. The number of para-hydroxylation sites is 1. The third kappa shape index (κ3) is 5.41. The van der Waals surface area contributed by atoms with E-state index in [-0.39, 0.29) is 24.4 Å². The maximum Gasteiger partial charge on any atom is 0.254 e. The van der Waals surface area contributed by atoms with Gasteiger partial charge in [-0.25, -0.2) is 0 Å². The summed E-state index contributed by atoms with van der Waals surface area (Å²) in [4.78, 5) is 32.1. The Morgan fingerprint density at radius 3 is 2.58 bits per heavy atom. The van der Waals surface area contributed by atoms with E-state index >= 15 is 0 Å². The van der Waals surface area contributed by atoms with Crippen molar-refractivity contribution in [2.75, 3.05) is 33.4 Å². The van der Waals surface area contributed by atoms with Crippen molar-refractivity contribution < 1.29 is 19.1 Å². The summed E-state index contributed by atoms with van der Waals surface area (Å²) in [6.07, 6.45) is 3.04. The summed E-state index contributed by atoms with van der Waals surface area (Å²) in [6, 6.07) is 17.0. The van der Waals surface area contributed by atoms with E-state index < -0.39 is 0 Å². The van der Waals surface area contributed by atoms with E-state index in [0.29, 0.717) is 36.9 Å². The SMILES string of the molecule is COc1ccc(C(=O)N(CC(=O)N2CCc3sccc3C2COc2ccccc2C)CC2CC2)cc1. The molecule has 188 valence electrons. The van der Waals surface area contributed by atoms with Crippen LogP contribution in [0.25, 0.3) is 0 Å². The summed E-state index contributed by atoms with van der Waals surface area (Å²) >= 11 is 1.74. The number of rotatable bonds is 9. The van der Waals surface area contributed by atoms with Crippen LogP contribution in [-0.2, 0) is 11.2 Å². The van der Waals surface area contributed by atoms with Crippen LogP contribution in [0, 0.1) is 12.8 Å². The summed E-state index contributed by atoms with van der Waals surface area (Å²) in [5.41, 5.74) is 2.79. The molecule has 2 aromatic carbocycles. The number of hydrogen-bond donors (Lipinski definition) is 0. The van der Waals surface area contributed by atoms with Gasteiger partial charge >= 0.3 is 0 Å². The van der Waals surface area contributed by atoms with Crippen LogP contribution in [0.3, 0.4) is 0 Å². The Kier molecular flexibility index (Phi) is 7.28. The van der Waals surface area contributed by atoms with E-state index in [0.717, 1.165) is 36.1 Å². The second kappa shape index (κ2) is 10.7. The van der Waals surface area contributed by atoms with E-state index in [9.17, 15) is 9.59 Å². The molecule has 1 aliphatic heterocycles. The Morgan fingerprint density at radius 1 is 1.08 bits per heavy atom. The maximum absolute atomic E-state index is 13.7. The quantitative estimate of drug-likeness (QED) is 0.406. The van der Waals surface area contributed by atoms with Crippen LogP contribution in [-0.4, -0.2) is 55.0 Å². The number of carbonyl (C=O) groups is 2. The lowest BCUT2D eigenvalue weighted by molar-refractivity contribution is -0.135. The van der Waals surface area contributed by atoms with Crippen LogP contribution in [0.4, 0.5) is 0 Å². The fraction of sp³-hybridized carbons (Fsp3) is 0.379. The molecular weight excluding hydrogens is 472 g/mol. The molecule has 2 aliphatic rings. The number of fused-ring (bicyclic) bond motifs is 1. The van der Waals surface area contributed by atoms with Gasteiger partial charge in [-0.05, 0) is 85.0 Å². The molecule has 0 radical (unpaired) electrons. The minimum absolute atomic E-state index is 0.0345. The predicted molar refractivity (Wildman–Crippen MR) is 141 cm³/mol. The number of benzene rings is 2. The first-order chi connectivity index (χ1) is 17.5. The number of nitrogens with zero attached hydrogens (tertiary/aromatic N) is 2. The Hall–Kier alpha value is -3.32. The number of thiophene rings is 1. The summed E-state index contributed by atoms with van der Waals surface area (Å²) in [6.45, 7) is 3.72. The van der Waals surface area contributed by atoms with E-state index in [4.69, 9.17) is 9.47 Å². The van der Waals surface area contributed by atoms with Crippen molar-refractivity contribution in [2.45, 2.75) is 32.2 Å². The largest absolute Gasteiger partial charge is 0.497 e. The Balaban J connectivity index is 1.34. The lowest BCUT2D eigenvalue weighted by Gasteiger charge is -2.37. The first-order valence-corrected chi connectivity index (χ1v) is 13.4. The van der Waals surface area contributed by atoms with Gasteiger partial charge in [0.25, 0.3) is 5.91 Å². The summed E-state index contributed by atoms with van der Waals surface area (Å²) in [5, 5.41) is 2.09. The topological polar surface area (TPSA) is 59.1 Å². The van der Waals surface area contributed by atoms with Gasteiger partial charge in [-0.3, -0.25) is 9.59 Å². The third-order valence-electron chi connectivity index (χ3n) is 7.03. The van der Waals surface area contributed by atoms with Gasteiger partial charge in [0.1, 0.15) is 24.7 Å². The number of aryl methyl sites for hydroxylation is 1. The number of amides is 2. The lowest BCUT2D eigenvalue weighted by Crippen LogP contribution is -2.48. The van der Waals surface area contributed by atoms with Crippen molar-refractivity contribution in [3.8, 4) is 11.5 Å². The fourth-order valence-electron chi connectivity index (χ4n) is 4.76. The molecule has 1 saturated carbocycles. The average molecular weight is 505 g/mol. The van der Waals surface area contributed by atoms with Crippen LogP contribution in [0.5, 0.6) is 11.5 Å². The predicted octanol–water partition coefficient (Wildman–Crippen LogP) is 5.12. The standard InChI is InChI=1S/C29H32N2O4S/c1-20-5-3-4-6-26(20)35-19-25-24-14-16-36-27(24)13-15-31(25)28(32)18-30(17-21-7-8-21)29(33)22-9-11-23(34-2)12-10-22/h3-6,9-12,14,16,21,25H,7-8,13,15,17-19H2,1-2H3. The maximum atomic E-state index is 13.7. The number of hydrogen-bond acceptors (Lipinski definition) is 5. The molecule has 6 nitrogen and oxygen atoms in total. The van der Waals surface area contributed by atoms with Crippen molar-refractivity contribution in [1.29, 1.82) is 0 Å². The first kappa shape index (κ1) is 24.4. The molecule has 1 unspecified atom stereocenters. The van der Waals surface area contributed by atoms with Gasteiger partial charge in [-0.1, -0.05) is 18.2 Å². The van der Waals surface area contributed by atoms with Crippen LogP contribution in [0.1, 0.15) is 45.2 Å². The molecule has 0 saturated heterocycles. The van der Waals surface area contributed by atoms with E-state index in [2.05, 4.69) is 11.4 Å². The van der Waals surface area contributed by atoms with Crippen molar-refractivity contribution in [2.24, 2.45) is 5.92 Å². The third-order valence-corrected chi connectivity index (χ3v) is 8.03. The van der Waals surface area contributed by atoms with Crippen molar-refractivity contribution in [3.05, 3.63) is 81.5 Å². The highest BCUT2D eigenvalue weighted by atomic mass is 32.1. The number of ether oxygens (including phenoxy) is 2. The first-order valence-electron chi connectivity index (χ1n) is 12.5. The van der Waals surface area contributed by atoms with Crippen molar-refractivity contribution >= 4 is 23.2 Å². The molecule has 1 aliphatic carbocycles. The van der Waals surface area contributed by atoms with Crippen LogP contribution >= 0.6 is 11.3 Å². The summed E-state index contributed by atoms with van der Waals surface area (Å²) < 4.78 is 11.4. The van der Waals surface area contributed by atoms with E-state index in [1.54, 1.807) is 47.6 Å². The van der Waals surface area contributed by atoms with Crippen LogP contribution in [0.2, 0.25) is 0 Å². The summed E-state index contributed by atoms with van der Waals surface area (Å²) in [7, 11) is 1.60. The molecule has 5 rings (SSSR count). The van der Waals surface area contributed by atoms with Crippen molar-refractivity contribution in [1.82, 2.24) is 9.80 Å². The second-order valence-electron chi connectivity index (χ2n) is 9.59. The molecule has 36 heavy (non-hydrogen) atoms. The Bertz CT molecular complexity index is 1220. The number of methoxy groups -OCH3 is 1. The molecule has 0 N–H and O–H groups in total. The molecular formula is C29H32N2O4S. The molecule has 1 fully saturated rings. The molecule has 2 heterocycles. The fourth-order valence-corrected chi connectivity index (χ4v) is 5.69. The van der Waals surface area contributed by atoms with Gasteiger partial charge in [0.05, 0.1) is 13.2 Å². The van der Waals surface area contributed by atoms with Gasteiger partial charge in [-0.2, -0.15) is 0 Å². The van der Waals surface area contributed by atoms with Gasteiger partial charge in [-0.15, -0.1) is 11.3 Å². The summed E-state index contributed by atoms with van der Waals surface area (Å²) in [5.74, 6) is 1.86. The molecule has 2 amide bonds. The Labute approximate surface area is 216 Å². The van der Waals surface area contributed by atoms with Gasteiger partial charge < -0.3 is 19.3 Å². The van der Waals surface area contributed by atoms with Gasteiger partial charge in [0.15, 0.2) is 0 Å². The highest BCUT2D eigenvalue weighted by Crippen LogP contribution is 2.35. The van der Waals surface area contributed by atoms with Crippen LogP contribution < -0.4 is 9.47 Å². The van der Waals surface area contributed by atoms with E-state index in [1.165, 1.54) is 4.88 Å². The molecule has 1 atom stereocenters. The molecule has 1 aromatic heterocycles. The monoisotopic (exact) mass is 504 g/mol. The zero-order chi connectivity index (χ0) is 25.1. The normalized spacial score (nSPS) is 16.8. The minimum atomic E-state index is -0.175. The Morgan fingerprint density at radius 2 is 1.86 bits per heavy atom. The zero-order valence-corrected chi connectivity index (χ0v) is 21.6. The zero-order valence-electron chi connectivity index (χ0n) is 20.8. The van der Waals surface area contributed by atoms with Gasteiger partial charge in [0.2, 0.25) is 5.91 Å². The molecule has 7 heteroatoms. The highest BCUT2D eigenvalue weighted by Gasteiger charge is 2.35. The highest BCUT2D eigenvalue weighted by molar-refractivity contribution is 7.10. The average Bonchev–Trinajstić information content (AvgIpc) is 3.59. The molecule has 0 bridgehead atoms. The van der Waals surface area contributed by atoms with E-state index in [1.807, 2.05) is 36.1 Å².